The zero-order valence-corrected chi connectivity index (χ0v) is 11.7. The molecule has 1 aliphatic rings. The highest BCUT2D eigenvalue weighted by atomic mass is 14.2. The third-order valence-corrected chi connectivity index (χ3v) is 4.03. The fourth-order valence-electron chi connectivity index (χ4n) is 2.94. The Morgan fingerprint density at radius 1 is 1.00 bits per heavy atom. The van der Waals surface area contributed by atoms with Gasteiger partial charge in [-0.2, -0.15) is 0 Å². The molecule has 1 aliphatic carbocycles. The fourth-order valence-corrected chi connectivity index (χ4v) is 2.94. The van der Waals surface area contributed by atoms with Gasteiger partial charge in [0.25, 0.3) is 0 Å². The number of rotatable bonds is 7. The van der Waals surface area contributed by atoms with E-state index in [9.17, 15) is 0 Å². The molecule has 0 heteroatoms. The van der Waals surface area contributed by atoms with Gasteiger partial charge in [-0.25, -0.2) is 0 Å². The molecule has 1 atom stereocenters. The quantitative estimate of drug-likeness (QED) is 0.429. The molecular formula is C18H26. The SMILES string of the molecule is CCCCCCCCC1C=CCc2ccccc21. The van der Waals surface area contributed by atoms with Crippen LogP contribution in [0.1, 0.15) is 68.9 Å². The molecular weight excluding hydrogens is 216 g/mol. The first-order valence-corrected chi connectivity index (χ1v) is 7.66. The maximum Gasteiger partial charge on any atom is 0.00209 e. The van der Waals surface area contributed by atoms with Crippen LogP contribution < -0.4 is 0 Å². The van der Waals surface area contributed by atoms with Gasteiger partial charge in [0.05, 0.1) is 0 Å². The van der Waals surface area contributed by atoms with Gasteiger partial charge in [0.15, 0.2) is 0 Å². The Morgan fingerprint density at radius 3 is 2.67 bits per heavy atom. The second kappa shape index (κ2) is 7.41. The second-order valence-electron chi connectivity index (χ2n) is 5.49. The van der Waals surface area contributed by atoms with E-state index in [2.05, 4.69) is 43.3 Å². The lowest BCUT2D eigenvalue weighted by molar-refractivity contribution is 0.570. The summed E-state index contributed by atoms with van der Waals surface area (Å²) in [5.41, 5.74) is 3.12. The summed E-state index contributed by atoms with van der Waals surface area (Å²) in [6.07, 6.45) is 15.6. The Bertz CT molecular complexity index is 375. The van der Waals surface area contributed by atoms with Gasteiger partial charge in [0.2, 0.25) is 0 Å². The highest BCUT2D eigenvalue weighted by Gasteiger charge is 2.14. The highest BCUT2D eigenvalue weighted by molar-refractivity contribution is 5.37. The van der Waals surface area contributed by atoms with Crippen molar-refractivity contribution < 1.29 is 0 Å². The first-order valence-electron chi connectivity index (χ1n) is 7.66. The summed E-state index contributed by atoms with van der Waals surface area (Å²) in [6.45, 7) is 2.28. The van der Waals surface area contributed by atoms with Crippen LogP contribution in [0.15, 0.2) is 36.4 Å². The van der Waals surface area contributed by atoms with Crippen molar-refractivity contribution in [2.75, 3.05) is 0 Å². The van der Waals surface area contributed by atoms with Gasteiger partial charge in [-0.1, -0.05) is 81.9 Å². The summed E-state index contributed by atoms with van der Waals surface area (Å²) < 4.78 is 0. The molecule has 0 heterocycles. The van der Waals surface area contributed by atoms with E-state index < -0.39 is 0 Å². The maximum atomic E-state index is 2.42. The summed E-state index contributed by atoms with van der Waals surface area (Å²) in [7, 11) is 0. The molecule has 0 aromatic heterocycles. The van der Waals surface area contributed by atoms with E-state index in [1.54, 1.807) is 5.56 Å². The van der Waals surface area contributed by atoms with Crippen LogP contribution in [0.4, 0.5) is 0 Å². The summed E-state index contributed by atoms with van der Waals surface area (Å²) >= 11 is 0. The van der Waals surface area contributed by atoms with E-state index in [4.69, 9.17) is 0 Å². The predicted molar refractivity (Wildman–Crippen MR) is 80.0 cm³/mol. The molecule has 0 radical (unpaired) electrons. The minimum atomic E-state index is 0.682. The smallest absolute Gasteiger partial charge is 0.00209 e. The number of hydrogen-bond donors (Lipinski definition) is 0. The van der Waals surface area contributed by atoms with Crippen LogP contribution in [-0.4, -0.2) is 0 Å². The van der Waals surface area contributed by atoms with Crippen molar-refractivity contribution in [2.45, 2.75) is 64.2 Å². The normalized spacial score (nSPS) is 17.7. The second-order valence-corrected chi connectivity index (χ2v) is 5.49. The van der Waals surface area contributed by atoms with Gasteiger partial charge in [-0.15, -0.1) is 0 Å². The summed E-state index contributed by atoms with van der Waals surface area (Å²) in [5.74, 6) is 0.682. The Kier molecular flexibility index (Phi) is 5.51. The van der Waals surface area contributed by atoms with E-state index >= 15 is 0 Å². The molecule has 0 spiro atoms. The monoisotopic (exact) mass is 242 g/mol. The first kappa shape index (κ1) is 13.4. The lowest BCUT2D eigenvalue weighted by Crippen LogP contribution is -2.04. The molecule has 0 amide bonds. The molecule has 0 aliphatic heterocycles. The average molecular weight is 242 g/mol. The van der Waals surface area contributed by atoms with Gasteiger partial charge in [-0.3, -0.25) is 0 Å². The minimum absolute atomic E-state index is 0.682. The molecule has 0 fully saturated rings. The van der Waals surface area contributed by atoms with Gasteiger partial charge >= 0.3 is 0 Å². The number of hydrogen-bond acceptors (Lipinski definition) is 0. The molecule has 18 heavy (non-hydrogen) atoms. The number of fused-ring (bicyclic) bond motifs is 1. The lowest BCUT2D eigenvalue weighted by atomic mass is 9.84. The molecule has 0 bridgehead atoms. The van der Waals surface area contributed by atoms with Crippen LogP contribution in [0, 0.1) is 0 Å². The van der Waals surface area contributed by atoms with Crippen molar-refractivity contribution in [3.8, 4) is 0 Å². The molecule has 1 aromatic carbocycles. The fraction of sp³-hybridized carbons (Fsp3) is 0.556. The molecule has 0 saturated heterocycles. The van der Waals surface area contributed by atoms with E-state index in [1.807, 2.05) is 0 Å². The van der Waals surface area contributed by atoms with Gasteiger partial charge < -0.3 is 0 Å². The van der Waals surface area contributed by atoms with Crippen molar-refractivity contribution in [2.24, 2.45) is 0 Å². The summed E-state index contributed by atoms with van der Waals surface area (Å²) in [5, 5.41) is 0. The zero-order valence-electron chi connectivity index (χ0n) is 11.7. The Hall–Kier alpha value is -1.04. The van der Waals surface area contributed by atoms with E-state index in [1.165, 1.54) is 50.5 Å². The third kappa shape index (κ3) is 3.73. The van der Waals surface area contributed by atoms with E-state index in [0.29, 0.717) is 5.92 Å². The van der Waals surface area contributed by atoms with Crippen LogP contribution in [-0.2, 0) is 6.42 Å². The maximum absolute atomic E-state index is 2.42. The van der Waals surface area contributed by atoms with Crippen molar-refractivity contribution in [3.63, 3.8) is 0 Å². The van der Waals surface area contributed by atoms with Crippen LogP contribution >= 0.6 is 0 Å². The molecule has 98 valence electrons. The van der Waals surface area contributed by atoms with Crippen LogP contribution in [0.25, 0.3) is 0 Å². The topological polar surface area (TPSA) is 0 Å². The van der Waals surface area contributed by atoms with Gasteiger partial charge in [0.1, 0.15) is 0 Å². The predicted octanol–water partition coefficient (Wildman–Crippen LogP) is 5.63. The number of allylic oxidation sites excluding steroid dienone is 2. The van der Waals surface area contributed by atoms with Crippen molar-refractivity contribution >= 4 is 0 Å². The third-order valence-electron chi connectivity index (χ3n) is 4.03. The van der Waals surface area contributed by atoms with E-state index in [-0.39, 0.29) is 0 Å². The van der Waals surface area contributed by atoms with Crippen molar-refractivity contribution in [1.82, 2.24) is 0 Å². The zero-order chi connectivity index (χ0) is 12.6. The Balaban J connectivity index is 1.76. The Morgan fingerprint density at radius 2 is 1.78 bits per heavy atom. The largest absolute Gasteiger partial charge is 0.0835 e. The number of unbranched alkanes of at least 4 members (excludes halogenated alkanes) is 5. The molecule has 2 rings (SSSR count). The van der Waals surface area contributed by atoms with Gasteiger partial charge in [-0.05, 0) is 24.0 Å². The van der Waals surface area contributed by atoms with Gasteiger partial charge in [0, 0.05) is 5.92 Å². The van der Waals surface area contributed by atoms with Crippen molar-refractivity contribution in [3.05, 3.63) is 47.5 Å². The summed E-state index contributed by atoms with van der Waals surface area (Å²) in [6, 6.07) is 8.96. The molecule has 1 unspecified atom stereocenters. The van der Waals surface area contributed by atoms with Crippen molar-refractivity contribution in [1.29, 1.82) is 0 Å². The standard InChI is InChI=1S/C18H26/c1-2-3-4-5-6-7-11-16-13-10-14-17-12-8-9-15-18(16)17/h8-10,12-13,15-16H,2-7,11,14H2,1H3. The lowest BCUT2D eigenvalue weighted by Gasteiger charge is -2.20. The van der Waals surface area contributed by atoms with Crippen LogP contribution in [0.3, 0.4) is 0 Å². The molecule has 0 saturated carbocycles. The average Bonchev–Trinajstić information content (AvgIpc) is 2.43. The highest BCUT2D eigenvalue weighted by Crippen LogP contribution is 2.30. The minimum Gasteiger partial charge on any atom is -0.0835 e. The van der Waals surface area contributed by atoms with Crippen LogP contribution in [0.5, 0.6) is 0 Å². The molecule has 1 aromatic rings. The number of benzene rings is 1. The first-order chi connectivity index (χ1) is 8.92. The summed E-state index contributed by atoms with van der Waals surface area (Å²) in [4.78, 5) is 0. The van der Waals surface area contributed by atoms with E-state index in [0.717, 1.165) is 6.42 Å². The Labute approximate surface area is 112 Å². The molecule has 0 nitrogen and oxygen atoms in total. The molecule has 0 N–H and O–H groups in total. The van der Waals surface area contributed by atoms with Crippen LogP contribution in [0.2, 0.25) is 0 Å².